The lowest BCUT2D eigenvalue weighted by atomic mass is 10.2. The van der Waals surface area contributed by atoms with Crippen molar-refractivity contribution in [2.75, 3.05) is 20.8 Å². The van der Waals surface area contributed by atoms with Crippen LogP contribution < -0.4 is 24.4 Å². The number of hydrogen-bond acceptors (Lipinski definition) is 8. The molecule has 0 aliphatic carbocycles. The Balaban J connectivity index is 1.73. The highest BCUT2D eigenvalue weighted by Gasteiger charge is 2.16. The summed E-state index contributed by atoms with van der Waals surface area (Å²) >= 11 is 0. The third-order valence-electron chi connectivity index (χ3n) is 4.41. The van der Waals surface area contributed by atoms with E-state index in [2.05, 4.69) is 15.5 Å². The molecule has 1 aromatic heterocycles. The zero-order valence-corrected chi connectivity index (χ0v) is 18.4. The van der Waals surface area contributed by atoms with Gasteiger partial charge in [0.05, 0.1) is 32.6 Å². The van der Waals surface area contributed by atoms with Gasteiger partial charge < -0.3 is 18.9 Å². The summed E-state index contributed by atoms with van der Waals surface area (Å²) in [6.45, 7) is 2.18. The van der Waals surface area contributed by atoms with Crippen LogP contribution in [0.3, 0.4) is 0 Å². The summed E-state index contributed by atoms with van der Waals surface area (Å²) in [5, 5.41) is 3.96. The molecule has 170 valence electrons. The Morgan fingerprint density at radius 3 is 2.33 bits per heavy atom. The van der Waals surface area contributed by atoms with Crippen LogP contribution in [0.15, 0.2) is 66.0 Å². The maximum absolute atomic E-state index is 12.7. The van der Waals surface area contributed by atoms with E-state index in [0.717, 1.165) is 0 Å². The molecule has 33 heavy (non-hydrogen) atoms. The summed E-state index contributed by atoms with van der Waals surface area (Å²) < 4.78 is 21.6. The predicted molar refractivity (Wildman–Crippen MR) is 121 cm³/mol. The van der Waals surface area contributed by atoms with Crippen LogP contribution in [0, 0.1) is 0 Å². The topological polar surface area (TPSA) is 108 Å². The maximum Gasteiger partial charge on any atom is 0.343 e. The lowest BCUT2D eigenvalue weighted by Crippen LogP contribution is -2.17. The summed E-state index contributed by atoms with van der Waals surface area (Å²) in [4.78, 5) is 28.6. The Morgan fingerprint density at radius 2 is 1.64 bits per heavy atom. The average molecular weight is 449 g/mol. The van der Waals surface area contributed by atoms with Crippen molar-refractivity contribution < 1.29 is 28.5 Å². The maximum atomic E-state index is 12.7. The molecule has 0 saturated carbocycles. The van der Waals surface area contributed by atoms with Crippen molar-refractivity contribution in [3.05, 3.63) is 77.6 Å². The highest BCUT2D eigenvalue weighted by atomic mass is 16.6. The number of carbonyl (C=O) groups is 2. The molecule has 0 spiro atoms. The van der Waals surface area contributed by atoms with Crippen molar-refractivity contribution >= 4 is 18.1 Å². The number of rotatable bonds is 9. The molecule has 0 unspecified atom stereocenters. The number of amides is 1. The first-order chi connectivity index (χ1) is 16.0. The van der Waals surface area contributed by atoms with Gasteiger partial charge in [0.2, 0.25) is 0 Å². The second kappa shape index (κ2) is 11.3. The standard InChI is InChI=1S/C24H23N3O6/c1-4-32-22-13-16(15-26-27-23(28)17-9-11-25-12-10-17)5-7-20(22)33-24(29)18-6-8-19(30-2)21(14-18)31-3/h5-15H,4H2,1-3H3,(H,27,28)/b26-15+. The molecule has 0 radical (unpaired) electrons. The van der Waals surface area contributed by atoms with Gasteiger partial charge in [0.25, 0.3) is 5.91 Å². The molecular formula is C24H23N3O6. The van der Waals surface area contributed by atoms with E-state index in [4.69, 9.17) is 18.9 Å². The molecule has 9 nitrogen and oxygen atoms in total. The molecule has 1 N–H and O–H groups in total. The molecule has 0 aliphatic rings. The van der Waals surface area contributed by atoms with Crippen molar-refractivity contribution in [1.82, 2.24) is 10.4 Å². The summed E-state index contributed by atoms with van der Waals surface area (Å²) in [5.74, 6) is 0.577. The van der Waals surface area contributed by atoms with Crippen LogP contribution in [0.2, 0.25) is 0 Å². The van der Waals surface area contributed by atoms with Gasteiger partial charge in [-0.25, -0.2) is 10.2 Å². The Labute approximate surface area is 191 Å². The van der Waals surface area contributed by atoms with Crippen LogP contribution in [0.25, 0.3) is 0 Å². The third kappa shape index (κ3) is 6.07. The number of ether oxygens (including phenoxy) is 4. The van der Waals surface area contributed by atoms with E-state index in [1.54, 1.807) is 42.5 Å². The minimum Gasteiger partial charge on any atom is -0.493 e. The number of nitrogens with one attached hydrogen (secondary N) is 1. The Morgan fingerprint density at radius 1 is 0.909 bits per heavy atom. The predicted octanol–water partition coefficient (Wildman–Crippen LogP) is 3.48. The van der Waals surface area contributed by atoms with Crippen LogP contribution in [-0.2, 0) is 0 Å². The van der Waals surface area contributed by atoms with Gasteiger partial charge in [-0.3, -0.25) is 9.78 Å². The first kappa shape index (κ1) is 23.3. The van der Waals surface area contributed by atoms with Crippen molar-refractivity contribution in [1.29, 1.82) is 0 Å². The number of nitrogens with zero attached hydrogens (tertiary/aromatic N) is 2. The Bertz CT molecular complexity index is 1150. The van der Waals surface area contributed by atoms with E-state index in [0.29, 0.717) is 40.5 Å². The number of aromatic nitrogens is 1. The molecule has 0 saturated heterocycles. The first-order valence-electron chi connectivity index (χ1n) is 10.00. The van der Waals surface area contributed by atoms with E-state index in [1.807, 2.05) is 6.92 Å². The first-order valence-corrected chi connectivity index (χ1v) is 10.00. The largest absolute Gasteiger partial charge is 0.493 e. The summed E-state index contributed by atoms with van der Waals surface area (Å²) in [5.41, 5.74) is 3.81. The van der Waals surface area contributed by atoms with Crippen LogP contribution >= 0.6 is 0 Å². The smallest absolute Gasteiger partial charge is 0.343 e. The molecule has 0 bridgehead atoms. The average Bonchev–Trinajstić information content (AvgIpc) is 2.85. The molecule has 1 amide bonds. The molecule has 9 heteroatoms. The molecule has 3 aromatic rings. The van der Waals surface area contributed by atoms with Crippen molar-refractivity contribution in [2.45, 2.75) is 6.92 Å². The number of pyridine rings is 1. The molecule has 3 rings (SSSR count). The van der Waals surface area contributed by atoms with Crippen LogP contribution in [-0.4, -0.2) is 43.9 Å². The van der Waals surface area contributed by atoms with Crippen LogP contribution in [0.5, 0.6) is 23.0 Å². The number of esters is 1. The third-order valence-corrected chi connectivity index (χ3v) is 4.41. The minimum absolute atomic E-state index is 0.245. The highest BCUT2D eigenvalue weighted by molar-refractivity contribution is 5.95. The number of methoxy groups -OCH3 is 2. The number of carbonyl (C=O) groups excluding carboxylic acids is 2. The normalized spacial score (nSPS) is 10.5. The van der Waals surface area contributed by atoms with E-state index in [-0.39, 0.29) is 11.7 Å². The summed E-state index contributed by atoms with van der Waals surface area (Å²) in [6.07, 6.45) is 4.51. The van der Waals surface area contributed by atoms with E-state index < -0.39 is 5.97 Å². The second-order valence-electron chi connectivity index (χ2n) is 6.53. The van der Waals surface area contributed by atoms with Gasteiger partial charge in [-0.2, -0.15) is 5.10 Å². The number of hydrogen-bond donors (Lipinski definition) is 1. The fourth-order valence-electron chi connectivity index (χ4n) is 2.81. The van der Waals surface area contributed by atoms with Crippen LogP contribution in [0.4, 0.5) is 0 Å². The van der Waals surface area contributed by atoms with E-state index in [1.165, 1.54) is 38.9 Å². The SMILES string of the molecule is CCOc1cc(/C=N/NC(=O)c2ccncc2)ccc1OC(=O)c1ccc(OC)c(OC)c1. The van der Waals surface area contributed by atoms with Crippen molar-refractivity contribution in [3.8, 4) is 23.0 Å². The van der Waals surface area contributed by atoms with Crippen molar-refractivity contribution in [2.24, 2.45) is 5.10 Å². The molecular weight excluding hydrogens is 426 g/mol. The highest BCUT2D eigenvalue weighted by Crippen LogP contribution is 2.31. The monoisotopic (exact) mass is 449 g/mol. The number of benzene rings is 2. The fraction of sp³-hybridized carbons (Fsp3) is 0.167. The minimum atomic E-state index is -0.581. The van der Waals surface area contributed by atoms with Crippen molar-refractivity contribution in [3.63, 3.8) is 0 Å². The van der Waals surface area contributed by atoms with Gasteiger partial charge in [-0.05, 0) is 61.0 Å². The Hall–Kier alpha value is -4.40. The lowest BCUT2D eigenvalue weighted by Gasteiger charge is -2.12. The zero-order chi connectivity index (χ0) is 23.6. The number of hydrazone groups is 1. The van der Waals surface area contributed by atoms with Crippen LogP contribution in [0.1, 0.15) is 33.2 Å². The van der Waals surface area contributed by atoms with E-state index >= 15 is 0 Å². The van der Waals surface area contributed by atoms with Gasteiger partial charge in [0.1, 0.15) is 0 Å². The van der Waals surface area contributed by atoms with Gasteiger partial charge in [-0.15, -0.1) is 0 Å². The van der Waals surface area contributed by atoms with Gasteiger partial charge >= 0.3 is 5.97 Å². The molecule has 1 heterocycles. The molecule has 0 aliphatic heterocycles. The molecule has 2 aromatic carbocycles. The molecule has 0 fully saturated rings. The van der Waals surface area contributed by atoms with E-state index in [9.17, 15) is 9.59 Å². The lowest BCUT2D eigenvalue weighted by molar-refractivity contribution is 0.0727. The second-order valence-corrected chi connectivity index (χ2v) is 6.53. The zero-order valence-electron chi connectivity index (χ0n) is 18.4. The quantitative estimate of drug-likeness (QED) is 0.231. The summed E-state index contributed by atoms with van der Waals surface area (Å²) in [7, 11) is 3.00. The van der Waals surface area contributed by atoms with Gasteiger partial charge in [0, 0.05) is 18.0 Å². The Kier molecular flexibility index (Phi) is 7.96. The van der Waals surface area contributed by atoms with Gasteiger partial charge in [-0.1, -0.05) is 0 Å². The fourth-order valence-corrected chi connectivity index (χ4v) is 2.81. The summed E-state index contributed by atoms with van der Waals surface area (Å²) in [6, 6.07) is 12.8. The molecule has 0 atom stereocenters. The van der Waals surface area contributed by atoms with Gasteiger partial charge in [0.15, 0.2) is 23.0 Å².